The van der Waals surface area contributed by atoms with Crippen LogP contribution in [0.2, 0.25) is 0 Å². The molecule has 0 saturated heterocycles. The third-order valence-corrected chi connectivity index (χ3v) is 6.83. The van der Waals surface area contributed by atoms with Crippen LogP contribution in [0.5, 0.6) is 0 Å². The molecule has 2 nitrogen and oxygen atoms in total. The van der Waals surface area contributed by atoms with Crippen LogP contribution in [0.15, 0.2) is 54.1 Å². The summed E-state index contributed by atoms with van der Waals surface area (Å²) < 4.78 is 4.95. The van der Waals surface area contributed by atoms with Crippen molar-refractivity contribution in [3.05, 3.63) is 65.3 Å². The number of nitrogens with one attached hydrogen (secondary N) is 1. The fourth-order valence-electron chi connectivity index (χ4n) is 3.47. The molecule has 5 heteroatoms. The predicted octanol–water partition coefficient (Wildman–Crippen LogP) is 5.84. The van der Waals surface area contributed by atoms with Gasteiger partial charge < -0.3 is 0 Å². The molecule has 2 aromatic carbocycles. The Morgan fingerprint density at radius 3 is 2.43 bits per heavy atom. The molecule has 0 radical (unpaired) electrons. The van der Waals surface area contributed by atoms with Crippen LogP contribution in [0.3, 0.4) is 0 Å². The number of nitrogens with zero attached hydrogens (tertiary/aromatic N) is 1. The number of hydrogen-bond acceptors (Lipinski definition) is 2. The van der Waals surface area contributed by atoms with Crippen LogP contribution in [-0.2, 0) is 24.1 Å². The zero-order chi connectivity index (χ0) is 18.7. The van der Waals surface area contributed by atoms with Gasteiger partial charge in [-0.3, -0.25) is 0 Å². The second kappa shape index (κ2) is 11.0. The maximum absolute atomic E-state index is 3.77. The summed E-state index contributed by atoms with van der Waals surface area (Å²) in [5.41, 5.74) is 6.11. The van der Waals surface area contributed by atoms with Crippen molar-refractivity contribution in [2.24, 2.45) is 0 Å². The van der Waals surface area contributed by atoms with E-state index < -0.39 is 0 Å². The van der Waals surface area contributed by atoms with Gasteiger partial charge in [-0.15, -0.1) is 24.8 Å². The van der Waals surface area contributed by atoms with Crippen molar-refractivity contribution in [2.75, 3.05) is 20.6 Å². The molecule has 0 atom stereocenters. The first-order chi connectivity index (χ1) is 12.3. The van der Waals surface area contributed by atoms with Gasteiger partial charge in [-0.2, -0.15) is 0 Å². The Balaban J connectivity index is 0.00000196. The standard InChI is InChI=1S/C19H20N.C4H10N.2ClH.Ti/c1-14-18-7-5-4-6-16(18)10-11-19(14)17-9-8-15(12-17)13-20(2)3;1-4(2,3)5;;;/h4-8,10-12H,1,9,13H2,2-3H3;5H,1-3H3;2*1H;/q;-1;;;+1. The number of rotatable bonds is 6. The van der Waals surface area contributed by atoms with Crippen LogP contribution < -0.4 is 3.80 Å². The van der Waals surface area contributed by atoms with E-state index in [9.17, 15) is 0 Å². The number of benzene rings is 2. The van der Waals surface area contributed by atoms with Crippen molar-refractivity contribution < 1.29 is 19.4 Å². The molecule has 3 rings (SSSR count). The summed E-state index contributed by atoms with van der Waals surface area (Å²) in [6.07, 6.45) is 5.85. The van der Waals surface area contributed by atoms with Gasteiger partial charge in [0.25, 0.3) is 0 Å². The quantitative estimate of drug-likeness (QED) is 0.551. The molecule has 0 spiro atoms. The Morgan fingerprint density at radius 2 is 1.75 bits per heavy atom. The van der Waals surface area contributed by atoms with Crippen LogP contribution in [0.25, 0.3) is 16.3 Å². The Bertz CT molecular complexity index is 851. The Kier molecular flexibility index (Phi) is 9.96. The normalized spacial score (nSPS) is 13.6. The number of halogens is 2. The van der Waals surface area contributed by atoms with Crippen LogP contribution in [0.1, 0.15) is 38.3 Å². The fourth-order valence-corrected chi connectivity index (χ4v) is 5.31. The summed E-state index contributed by atoms with van der Waals surface area (Å²) in [6.45, 7) is 7.80. The van der Waals surface area contributed by atoms with Crippen LogP contribution in [0.4, 0.5) is 0 Å². The first kappa shape index (κ1) is 25.4. The molecule has 28 heavy (non-hydrogen) atoms. The Morgan fingerprint density at radius 1 is 1.04 bits per heavy atom. The van der Waals surface area contributed by atoms with Crippen LogP contribution >= 0.6 is 24.8 Å². The average molecular weight is 455 g/mol. The number of allylic oxidation sites excluding steroid dienone is 2. The molecule has 0 fully saturated rings. The van der Waals surface area contributed by atoms with Gasteiger partial charge in [0.05, 0.1) is 0 Å². The minimum absolute atomic E-state index is 0. The smallest absolute Gasteiger partial charge is 0.147 e. The summed E-state index contributed by atoms with van der Waals surface area (Å²) in [5.74, 6) is 0. The maximum Gasteiger partial charge on any atom is -0.147 e. The van der Waals surface area contributed by atoms with E-state index in [2.05, 4.69) is 92.1 Å². The summed E-state index contributed by atoms with van der Waals surface area (Å²) >= 11 is -0.226. The van der Waals surface area contributed by atoms with Gasteiger partial charge in [0.1, 0.15) is 0 Å². The molecular formula is C23H32Cl2N2Ti. The van der Waals surface area contributed by atoms with Crippen molar-refractivity contribution >= 4 is 41.2 Å². The van der Waals surface area contributed by atoms with E-state index in [4.69, 9.17) is 0 Å². The van der Waals surface area contributed by atoms with Crippen molar-refractivity contribution in [1.82, 2.24) is 8.70 Å². The molecule has 2 aromatic rings. The first-order valence-electron chi connectivity index (χ1n) is 9.39. The van der Waals surface area contributed by atoms with Gasteiger partial charge >= 0.3 is 168 Å². The molecule has 0 amide bonds. The van der Waals surface area contributed by atoms with E-state index in [1.807, 2.05) is 0 Å². The summed E-state index contributed by atoms with van der Waals surface area (Å²) in [7, 11) is 4.27. The summed E-state index contributed by atoms with van der Waals surface area (Å²) in [5, 5.41) is 2.78. The van der Waals surface area contributed by atoms with Gasteiger partial charge in [0.2, 0.25) is 0 Å². The minimum atomic E-state index is -0.226. The van der Waals surface area contributed by atoms with Gasteiger partial charge in [0, 0.05) is 0 Å². The summed E-state index contributed by atoms with van der Waals surface area (Å²) in [6, 6.07) is 13.5. The molecule has 1 aliphatic carbocycles. The van der Waals surface area contributed by atoms with E-state index in [1.54, 1.807) is 0 Å². The van der Waals surface area contributed by atoms with E-state index in [0.29, 0.717) is 0 Å². The van der Waals surface area contributed by atoms with Gasteiger partial charge in [0.15, 0.2) is 0 Å². The third kappa shape index (κ3) is 6.73. The second-order valence-electron chi connectivity index (χ2n) is 8.43. The van der Waals surface area contributed by atoms with Crippen molar-refractivity contribution in [3.63, 3.8) is 0 Å². The molecule has 0 aliphatic heterocycles. The minimum Gasteiger partial charge on any atom is -0.147 e. The molecule has 0 unspecified atom stereocenters. The molecule has 1 aliphatic rings. The monoisotopic (exact) mass is 454 g/mol. The van der Waals surface area contributed by atoms with E-state index in [-0.39, 0.29) is 49.8 Å². The first-order valence-corrected chi connectivity index (χ1v) is 11.3. The van der Waals surface area contributed by atoms with Gasteiger partial charge in [-0.25, -0.2) is 0 Å². The maximum atomic E-state index is 3.77. The van der Waals surface area contributed by atoms with Gasteiger partial charge in [-0.1, -0.05) is 0 Å². The zero-order valence-electron chi connectivity index (χ0n) is 17.5. The third-order valence-electron chi connectivity index (χ3n) is 4.56. The van der Waals surface area contributed by atoms with Crippen molar-refractivity contribution in [3.8, 4) is 0 Å². The molecule has 0 bridgehead atoms. The van der Waals surface area contributed by atoms with Crippen molar-refractivity contribution in [2.45, 2.75) is 37.5 Å². The van der Waals surface area contributed by atoms with E-state index in [0.717, 1.165) is 13.0 Å². The average Bonchev–Trinajstić information content (AvgIpc) is 3.01. The molecular weight excluding hydrogens is 423 g/mol. The second-order valence-corrected chi connectivity index (χ2v) is 9.93. The van der Waals surface area contributed by atoms with E-state index >= 15 is 0 Å². The zero-order valence-corrected chi connectivity index (χ0v) is 20.7. The number of fused-ring (bicyclic) bond motifs is 1. The number of hydrogen-bond donors (Lipinski definition) is 1. The van der Waals surface area contributed by atoms with Crippen molar-refractivity contribution in [1.29, 1.82) is 0 Å². The molecule has 0 saturated carbocycles. The van der Waals surface area contributed by atoms with Crippen LogP contribution in [-0.4, -0.2) is 31.1 Å². The van der Waals surface area contributed by atoms with E-state index in [1.165, 1.54) is 37.8 Å². The predicted molar refractivity (Wildman–Crippen MR) is 124 cm³/mol. The SMILES string of the molecule is CN(C)CC1=CCC(c2ccc3ccccc3c2[CH2][Ti][NH]C(C)(C)C)=C1.Cl.Cl. The van der Waals surface area contributed by atoms with Crippen LogP contribution in [0, 0.1) is 0 Å². The van der Waals surface area contributed by atoms with Gasteiger partial charge in [-0.05, 0) is 0 Å². The molecule has 152 valence electrons. The largest absolute Gasteiger partial charge is 0.147 e. The Labute approximate surface area is 191 Å². The molecule has 0 aromatic heterocycles. The molecule has 0 heterocycles. The topological polar surface area (TPSA) is 15.3 Å². The number of likely N-dealkylation sites (N-methyl/N-ethyl adjacent to an activating group) is 1. The summed E-state index contributed by atoms with van der Waals surface area (Å²) in [4.78, 5) is 2.24. The Hall–Kier alpha value is -0.606. The molecule has 1 N–H and O–H groups in total. The fraction of sp³-hybridized carbons (Fsp3) is 0.391.